The fraction of sp³-hybridized carbons (Fsp3) is 0. The van der Waals surface area contributed by atoms with Crippen LogP contribution >= 0.6 is 11.6 Å². The smallest absolute Gasteiger partial charge is 0.272 e. The highest BCUT2D eigenvalue weighted by Crippen LogP contribution is 2.36. The second-order valence-corrected chi connectivity index (χ2v) is 5.65. The van der Waals surface area contributed by atoms with Crippen molar-refractivity contribution in [1.82, 2.24) is 15.2 Å². The third kappa shape index (κ3) is 2.07. The van der Waals surface area contributed by atoms with Crippen molar-refractivity contribution in [2.24, 2.45) is 0 Å². The van der Waals surface area contributed by atoms with Crippen LogP contribution in [0.1, 0.15) is 0 Å². The molecule has 23 heavy (non-hydrogen) atoms. The molecule has 0 atom stereocenters. The molecule has 4 N–H and O–H groups in total. The topological polar surface area (TPSA) is 87.6 Å². The Labute approximate surface area is 133 Å². The van der Waals surface area contributed by atoms with Crippen LogP contribution in [0.2, 0.25) is 5.02 Å². The molecule has 0 bridgehead atoms. The number of hydrogen-bond donors (Lipinski definition) is 3. The zero-order chi connectivity index (χ0) is 16.1. The number of nitrogens with two attached hydrogens (primary N) is 1. The van der Waals surface area contributed by atoms with E-state index >= 15 is 0 Å². The first-order valence-electron chi connectivity index (χ1n) is 6.78. The quantitative estimate of drug-likeness (QED) is 0.500. The van der Waals surface area contributed by atoms with E-state index in [9.17, 15) is 9.18 Å². The van der Waals surface area contributed by atoms with E-state index in [-0.39, 0.29) is 5.69 Å². The van der Waals surface area contributed by atoms with Gasteiger partial charge in [0, 0.05) is 26.9 Å². The Bertz CT molecular complexity index is 1130. The molecule has 0 saturated carbocycles. The van der Waals surface area contributed by atoms with Gasteiger partial charge in [-0.2, -0.15) is 5.10 Å². The molecule has 4 rings (SSSR count). The summed E-state index contributed by atoms with van der Waals surface area (Å²) in [5.74, 6) is -0.452. The van der Waals surface area contributed by atoms with Gasteiger partial charge >= 0.3 is 0 Å². The minimum Gasteiger partial charge on any atom is -0.394 e. The lowest BCUT2D eigenvalue weighted by atomic mass is 9.96. The summed E-state index contributed by atoms with van der Waals surface area (Å²) < 4.78 is 14.0. The largest absolute Gasteiger partial charge is 0.394 e. The van der Waals surface area contributed by atoms with Crippen molar-refractivity contribution >= 4 is 39.1 Å². The average molecular weight is 329 g/mol. The second kappa shape index (κ2) is 4.82. The number of H-pyrrole nitrogens is 2. The van der Waals surface area contributed by atoms with E-state index in [0.717, 1.165) is 0 Å². The van der Waals surface area contributed by atoms with Crippen LogP contribution in [0.15, 0.2) is 41.3 Å². The fourth-order valence-corrected chi connectivity index (χ4v) is 2.97. The van der Waals surface area contributed by atoms with Crippen LogP contribution in [0.5, 0.6) is 0 Å². The first kappa shape index (κ1) is 13.8. The molecule has 0 aliphatic heterocycles. The van der Waals surface area contributed by atoms with Gasteiger partial charge in [-0.15, -0.1) is 0 Å². The summed E-state index contributed by atoms with van der Waals surface area (Å²) in [6, 6.07) is 7.72. The SMILES string of the molecule is Nc1c(-c2cc(F)cc3[nH]ncc23)c2cc(Cl)ccc2[nH]c1=O. The van der Waals surface area contributed by atoms with E-state index in [4.69, 9.17) is 17.3 Å². The molecule has 4 aromatic rings. The van der Waals surface area contributed by atoms with Crippen molar-refractivity contribution in [3.63, 3.8) is 0 Å². The van der Waals surface area contributed by atoms with Gasteiger partial charge in [-0.3, -0.25) is 9.89 Å². The number of nitrogen functional groups attached to an aromatic ring is 1. The van der Waals surface area contributed by atoms with Crippen molar-refractivity contribution in [2.75, 3.05) is 5.73 Å². The van der Waals surface area contributed by atoms with Gasteiger partial charge in [-0.05, 0) is 35.9 Å². The van der Waals surface area contributed by atoms with Crippen LogP contribution in [0.3, 0.4) is 0 Å². The molecule has 7 heteroatoms. The number of aromatic nitrogens is 3. The maximum atomic E-state index is 14.0. The average Bonchev–Trinajstić information content (AvgIpc) is 2.97. The predicted octanol–water partition coefficient (Wildman–Crippen LogP) is 3.45. The standard InChI is InChI=1S/C16H10ClFN4O/c17-7-1-2-12-10(3-7)14(15(19)16(23)21-12)9-4-8(18)5-13-11(9)6-20-22-13/h1-6H,19H2,(H,20,22)(H,21,23). The van der Waals surface area contributed by atoms with E-state index in [1.807, 2.05) is 0 Å². The van der Waals surface area contributed by atoms with E-state index in [2.05, 4.69) is 15.2 Å². The molecule has 0 unspecified atom stereocenters. The van der Waals surface area contributed by atoms with Gasteiger partial charge in [0.25, 0.3) is 5.56 Å². The number of benzene rings is 2. The first-order chi connectivity index (χ1) is 11.0. The highest BCUT2D eigenvalue weighted by atomic mass is 35.5. The molecule has 2 aromatic heterocycles. The van der Waals surface area contributed by atoms with Crippen molar-refractivity contribution in [2.45, 2.75) is 0 Å². The number of fused-ring (bicyclic) bond motifs is 2. The molecular weight excluding hydrogens is 319 g/mol. The zero-order valence-electron chi connectivity index (χ0n) is 11.7. The molecule has 0 radical (unpaired) electrons. The van der Waals surface area contributed by atoms with Gasteiger partial charge in [0.2, 0.25) is 0 Å². The van der Waals surface area contributed by atoms with Crippen molar-refractivity contribution in [3.05, 3.63) is 57.7 Å². The molecule has 2 aromatic carbocycles. The monoisotopic (exact) mass is 328 g/mol. The van der Waals surface area contributed by atoms with Crippen LogP contribution < -0.4 is 11.3 Å². The van der Waals surface area contributed by atoms with Crippen LogP contribution in [-0.4, -0.2) is 15.2 Å². The predicted molar refractivity (Wildman–Crippen MR) is 89.0 cm³/mol. The molecular formula is C16H10ClFN4O. The van der Waals surface area contributed by atoms with E-state index in [1.165, 1.54) is 12.1 Å². The molecule has 0 saturated heterocycles. The Kier molecular flexibility index (Phi) is 2.89. The lowest BCUT2D eigenvalue weighted by molar-refractivity contribution is 0.630. The summed E-state index contributed by atoms with van der Waals surface area (Å²) >= 11 is 6.07. The number of aromatic amines is 2. The maximum Gasteiger partial charge on any atom is 0.272 e. The van der Waals surface area contributed by atoms with Crippen molar-refractivity contribution in [3.8, 4) is 11.1 Å². The normalized spacial score (nSPS) is 11.4. The van der Waals surface area contributed by atoms with Gasteiger partial charge in [-0.25, -0.2) is 4.39 Å². The number of anilines is 1. The highest BCUT2D eigenvalue weighted by Gasteiger charge is 2.17. The van der Waals surface area contributed by atoms with Crippen LogP contribution in [-0.2, 0) is 0 Å². The van der Waals surface area contributed by atoms with E-state index in [1.54, 1.807) is 24.4 Å². The molecule has 0 aliphatic carbocycles. The van der Waals surface area contributed by atoms with Gasteiger partial charge in [-0.1, -0.05) is 11.6 Å². The molecule has 0 aliphatic rings. The molecule has 0 amide bonds. The van der Waals surface area contributed by atoms with E-state index in [0.29, 0.717) is 38.0 Å². The third-order valence-electron chi connectivity index (χ3n) is 3.81. The van der Waals surface area contributed by atoms with Crippen molar-refractivity contribution in [1.29, 1.82) is 0 Å². The van der Waals surface area contributed by atoms with Gasteiger partial charge in [0.15, 0.2) is 0 Å². The summed E-state index contributed by atoms with van der Waals surface area (Å²) in [6.07, 6.45) is 1.57. The first-order valence-corrected chi connectivity index (χ1v) is 7.16. The van der Waals surface area contributed by atoms with Crippen LogP contribution in [0, 0.1) is 5.82 Å². The number of rotatable bonds is 1. The Hall–Kier alpha value is -2.86. The van der Waals surface area contributed by atoms with Gasteiger partial charge in [0.05, 0.1) is 11.7 Å². The Morgan fingerprint density at radius 1 is 1.13 bits per heavy atom. The minimum atomic E-state index is -0.452. The molecule has 5 nitrogen and oxygen atoms in total. The van der Waals surface area contributed by atoms with Crippen LogP contribution in [0.25, 0.3) is 32.9 Å². The summed E-state index contributed by atoms with van der Waals surface area (Å²) in [7, 11) is 0. The second-order valence-electron chi connectivity index (χ2n) is 5.22. The van der Waals surface area contributed by atoms with Gasteiger partial charge in [0.1, 0.15) is 11.5 Å². The lowest BCUT2D eigenvalue weighted by Gasteiger charge is -2.11. The lowest BCUT2D eigenvalue weighted by Crippen LogP contribution is -2.13. The van der Waals surface area contributed by atoms with Crippen LogP contribution in [0.4, 0.5) is 10.1 Å². The Morgan fingerprint density at radius 3 is 2.78 bits per heavy atom. The summed E-state index contributed by atoms with van der Waals surface area (Å²) in [4.78, 5) is 14.8. The Balaban J connectivity index is 2.24. The zero-order valence-corrected chi connectivity index (χ0v) is 12.4. The third-order valence-corrected chi connectivity index (χ3v) is 4.04. The minimum absolute atomic E-state index is 0.00728. The van der Waals surface area contributed by atoms with Gasteiger partial charge < -0.3 is 10.7 Å². The summed E-state index contributed by atoms with van der Waals surface area (Å²) in [5, 5.41) is 8.46. The number of halogens is 2. The molecule has 0 fully saturated rings. The number of hydrogen-bond acceptors (Lipinski definition) is 3. The highest BCUT2D eigenvalue weighted by molar-refractivity contribution is 6.31. The summed E-state index contributed by atoms with van der Waals surface area (Å²) in [5.41, 5.74) is 7.60. The van der Waals surface area contributed by atoms with Crippen molar-refractivity contribution < 1.29 is 4.39 Å². The molecule has 0 spiro atoms. The summed E-state index contributed by atoms with van der Waals surface area (Å²) in [6.45, 7) is 0. The maximum absolute atomic E-state index is 14.0. The molecule has 2 heterocycles. The van der Waals surface area contributed by atoms with E-state index < -0.39 is 11.4 Å². The fourth-order valence-electron chi connectivity index (χ4n) is 2.79. The number of pyridine rings is 1. The number of nitrogens with zero attached hydrogens (tertiary/aromatic N) is 1. The number of nitrogens with one attached hydrogen (secondary N) is 2. The molecule has 114 valence electrons. The Morgan fingerprint density at radius 2 is 1.96 bits per heavy atom.